The molecule has 0 aliphatic rings. The van der Waals surface area contributed by atoms with Crippen molar-refractivity contribution in [2.75, 3.05) is 0 Å². The first-order chi connectivity index (χ1) is 22.5. The van der Waals surface area contributed by atoms with Crippen LogP contribution in [0.2, 0.25) is 0 Å². The Kier molecular flexibility index (Phi) is 10.1. The summed E-state index contributed by atoms with van der Waals surface area (Å²) in [5.74, 6) is 0. The molecule has 0 spiro atoms. The summed E-state index contributed by atoms with van der Waals surface area (Å²) in [5.41, 5.74) is 0.188. The smallest absolute Gasteiger partial charge is 0.309 e. The quantitative estimate of drug-likeness (QED) is 0.164. The second kappa shape index (κ2) is 12.8. The molecular formula is C41H50F3O4PS. The van der Waals surface area contributed by atoms with E-state index in [-0.39, 0.29) is 32.5 Å². The largest absolute Gasteiger partial charge is 0.418 e. The molecule has 0 aliphatic carbocycles. The zero-order chi connectivity index (χ0) is 38.0. The molecule has 0 fully saturated rings. The van der Waals surface area contributed by atoms with Gasteiger partial charge in [-0.05, 0) is 85.4 Å². The van der Waals surface area contributed by atoms with Crippen LogP contribution in [0.1, 0.15) is 111 Å². The number of rotatable bonds is 5. The Hall–Kier alpha value is -3.19. The summed E-state index contributed by atoms with van der Waals surface area (Å²) in [6.45, 7) is 24.7. The van der Waals surface area contributed by atoms with Crippen LogP contribution >= 0.6 is 7.14 Å². The van der Waals surface area contributed by atoms with Gasteiger partial charge in [0.2, 0.25) is 0 Å². The Morgan fingerprint density at radius 2 is 0.900 bits per heavy atom. The van der Waals surface area contributed by atoms with E-state index in [2.05, 4.69) is 95.2 Å². The molecule has 4 aromatic carbocycles. The summed E-state index contributed by atoms with van der Waals surface area (Å²) in [5, 5.41) is 1.07. The summed E-state index contributed by atoms with van der Waals surface area (Å²) in [6.07, 6.45) is -5.17. The van der Waals surface area contributed by atoms with E-state index in [0.717, 1.165) is 34.4 Å². The summed E-state index contributed by atoms with van der Waals surface area (Å²) >= 11 is 0. The summed E-state index contributed by atoms with van der Waals surface area (Å²) in [7, 11) is -9.35. The lowest BCUT2D eigenvalue weighted by Crippen LogP contribution is -2.31. The number of alkyl halides is 3. The highest BCUT2D eigenvalue weighted by Crippen LogP contribution is 2.50. The van der Waals surface area contributed by atoms with Gasteiger partial charge in [0.05, 0.1) is 5.56 Å². The molecule has 0 heterocycles. The zero-order valence-corrected chi connectivity index (χ0v) is 32.9. The maximum Gasteiger partial charge on any atom is 0.418 e. The predicted molar refractivity (Wildman–Crippen MR) is 201 cm³/mol. The fourth-order valence-electron chi connectivity index (χ4n) is 5.98. The number of hydrogen-bond acceptors (Lipinski definition) is 3. The normalized spacial score (nSPS) is 13.8. The SMILES string of the molecule is CC(C)(C)c1cc(C(C)(C)C)cc(P(=O)(c2cc(C(C)(C)C)cc(C(C)(C)C)c2)c2ccccc2-c2cccc(S(=O)(=O)O)c2C(F)(F)F)c1. The minimum Gasteiger partial charge on any atom is -0.309 e. The van der Waals surface area contributed by atoms with Gasteiger partial charge in [0.1, 0.15) is 4.90 Å². The van der Waals surface area contributed by atoms with E-state index >= 15 is 4.57 Å². The van der Waals surface area contributed by atoms with Gasteiger partial charge in [0.15, 0.2) is 7.14 Å². The van der Waals surface area contributed by atoms with E-state index < -0.39 is 39.5 Å². The molecule has 4 rings (SSSR count). The summed E-state index contributed by atoms with van der Waals surface area (Å²) in [6, 6.07) is 21.1. The van der Waals surface area contributed by atoms with E-state index in [4.69, 9.17) is 0 Å². The Morgan fingerprint density at radius 1 is 0.540 bits per heavy atom. The van der Waals surface area contributed by atoms with Gasteiger partial charge in [-0.1, -0.05) is 132 Å². The maximum atomic E-state index is 16.7. The molecular weight excluding hydrogens is 676 g/mol. The van der Waals surface area contributed by atoms with E-state index in [0.29, 0.717) is 10.6 Å². The predicted octanol–water partition coefficient (Wildman–Crippen LogP) is 10.4. The molecule has 0 unspecified atom stereocenters. The van der Waals surface area contributed by atoms with Crippen molar-refractivity contribution in [1.82, 2.24) is 0 Å². The fraction of sp³-hybridized carbons (Fsp3) is 0.415. The van der Waals surface area contributed by atoms with Gasteiger partial charge in [-0.15, -0.1) is 0 Å². The minimum atomic E-state index is -5.28. The second-order valence-corrected chi connectivity index (χ2v) is 21.4. The average molecular weight is 727 g/mol. The van der Waals surface area contributed by atoms with Gasteiger partial charge in [0.25, 0.3) is 10.1 Å². The van der Waals surface area contributed by atoms with Crippen molar-refractivity contribution < 1.29 is 30.7 Å². The monoisotopic (exact) mass is 726 g/mol. The van der Waals surface area contributed by atoms with E-state index in [9.17, 15) is 26.1 Å². The van der Waals surface area contributed by atoms with Crippen LogP contribution in [-0.4, -0.2) is 13.0 Å². The van der Waals surface area contributed by atoms with Gasteiger partial charge >= 0.3 is 6.18 Å². The second-order valence-electron chi connectivity index (χ2n) is 17.3. The van der Waals surface area contributed by atoms with Crippen LogP contribution in [0.15, 0.2) is 83.8 Å². The topological polar surface area (TPSA) is 71.4 Å². The van der Waals surface area contributed by atoms with Crippen LogP contribution in [0.3, 0.4) is 0 Å². The molecule has 9 heteroatoms. The molecule has 4 aromatic rings. The Morgan fingerprint density at radius 3 is 1.24 bits per heavy atom. The van der Waals surface area contributed by atoms with Gasteiger partial charge in [-0.3, -0.25) is 4.55 Å². The lowest BCUT2D eigenvalue weighted by molar-refractivity contribution is -0.139. The average Bonchev–Trinajstić information content (AvgIpc) is 2.97. The van der Waals surface area contributed by atoms with Gasteiger partial charge in [-0.2, -0.15) is 21.6 Å². The molecule has 0 amide bonds. The zero-order valence-electron chi connectivity index (χ0n) is 31.2. The van der Waals surface area contributed by atoms with Crippen molar-refractivity contribution in [2.45, 2.75) is 116 Å². The molecule has 1 N–H and O–H groups in total. The lowest BCUT2D eigenvalue weighted by atomic mass is 9.81. The summed E-state index contributed by atoms with van der Waals surface area (Å²) < 4.78 is 96.0. The van der Waals surface area contributed by atoms with Crippen LogP contribution in [0.5, 0.6) is 0 Å². The first-order valence-corrected chi connectivity index (χ1v) is 19.8. The van der Waals surface area contributed by atoms with Crippen LogP contribution in [0.4, 0.5) is 13.2 Å². The van der Waals surface area contributed by atoms with Crippen molar-refractivity contribution in [3.8, 4) is 11.1 Å². The number of benzene rings is 4. The fourth-order valence-corrected chi connectivity index (χ4v) is 9.69. The highest BCUT2D eigenvalue weighted by molar-refractivity contribution is 7.86. The Balaban J connectivity index is 2.33. The van der Waals surface area contributed by atoms with E-state index in [1.807, 2.05) is 24.3 Å². The molecule has 0 aromatic heterocycles. The highest BCUT2D eigenvalue weighted by Gasteiger charge is 2.42. The first kappa shape index (κ1) is 39.6. The molecule has 0 atom stereocenters. The Bertz CT molecular complexity index is 1940. The van der Waals surface area contributed by atoms with Gasteiger partial charge in [0, 0.05) is 15.9 Å². The molecule has 0 bridgehead atoms. The van der Waals surface area contributed by atoms with Crippen LogP contribution in [0.25, 0.3) is 11.1 Å². The summed E-state index contributed by atoms with van der Waals surface area (Å²) in [4.78, 5) is -1.26. The van der Waals surface area contributed by atoms with Gasteiger partial charge in [-0.25, -0.2) is 0 Å². The van der Waals surface area contributed by atoms with Crippen LogP contribution < -0.4 is 15.9 Å². The molecule has 50 heavy (non-hydrogen) atoms. The van der Waals surface area contributed by atoms with Crippen molar-refractivity contribution in [3.63, 3.8) is 0 Å². The van der Waals surface area contributed by atoms with Crippen molar-refractivity contribution in [2.24, 2.45) is 0 Å². The van der Waals surface area contributed by atoms with Crippen LogP contribution in [0, 0.1) is 0 Å². The first-order valence-electron chi connectivity index (χ1n) is 16.7. The van der Waals surface area contributed by atoms with Crippen LogP contribution in [-0.2, 0) is 42.5 Å². The number of halogens is 3. The molecule has 0 radical (unpaired) electrons. The third-order valence-corrected chi connectivity index (χ3v) is 13.1. The third-order valence-electron chi connectivity index (χ3n) is 9.15. The van der Waals surface area contributed by atoms with Crippen molar-refractivity contribution in [3.05, 3.63) is 107 Å². The molecule has 0 aliphatic heterocycles. The molecule has 0 saturated heterocycles. The molecule has 0 saturated carbocycles. The van der Waals surface area contributed by atoms with E-state index in [1.54, 1.807) is 18.2 Å². The van der Waals surface area contributed by atoms with Gasteiger partial charge < -0.3 is 4.57 Å². The third kappa shape index (κ3) is 7.98. The van der Waals surface area contributed by atoms with Crippen molar-refractivity contribution in [1.29, 1.82) is 0 Å². The molecule has 4 nitrogen and oxygen atoms in total. The Labute approximate surface area is 296 Å². The van der Waals surface area contributed by atoms with Crippen molar-refractivity contribution >= 4 is 33.2 Å². The minimum absolute atomic E-state index is 0.0365. The highest BCUT2D eigenvalue weighted by atomic mass is 32.2. The standard InChI is InChI=1S/C41H50F3O4PS/c1-37(2,3)26-20-27(38(4,5)6)23-30(22-26)49(45,31-24-28(39(7,8)9)21-29(25-31)40(10,11)12)34-18-14-13-16-32(34)33-17-15-19-35(50(46,47)48)36(33)41(42,43)44/h13-25H,1-12H3,(H,46,47,48). The lowest BCUT2D eigenvalue weighted by Gasteiger charge is -2.32. The maximum absolute atomic E-state index is 16.7. The number of hydrogen-bond donors (Lipinski definition) is 1. The molecule has 270 valence electrons. The van der Waals surface area contributed by atoms with E-state index in [1.165, 1.54) is 12.1 Å².